The zero-order valence-electron chi connectivity index (χ0n) is 19.3. The lowest BCUT2D eigenvalue weighted by atomic mass is 10.0. The van der Waals surface area contributed by atoms with Crippen molar-refractivity contribution in [2.45, 2.75) is 40.2 Å². The number of likely N-dealkylation sites (tertiary alicyclic amines) is 1. The molecule has 0 spiro atoms. The van der Waals surface area contributed by atoms with Crippen LogP contribution in [0.4, 0.5) is 5.69 Å². The number of carbonyl (C=O) groups is 2. The number of benzene rings is 1. The second kappa shape index (κ2) is 9.35. The van der Waals surface area contributed by atoms with Crippen LogP contribution >= 0.6 is 11.3 Å². The predicted octanol–water partition coefficient (Wildman–Crippen LogP) is 3.59. The third kappa shape index (κ3) is 4.64. The number of nitrogens with one attached hydrogen (secondary N) is 1. The van der Waals surface area contributed by atoms with Crippen LogP contribution in [0.2, 0.25) is 0 Å². The summed E-state index contributed by atoms with van der Waals surface area (Å²) in [4.78, 5) is 46.1. The molecule has 33 heavy (non-hydrogen) atoms. The molecule has 1 saturated heterocycles. The second-order valence-electron chi connectivity index (χ2n) is 8.66. The number of rotatable bonds is 5. The normalized spacial score (nSPS) is 16.1. The third-order valence-electron chi connectivity index (χ3n) is 6.04. The number of thiophene rings is 1. The van der Waals surface area contributed by atoms with Crippen LogP contribution in [0.25, 0.3) is 10.2 Å². The third-order valence-corrected chi connectivity index (χ3v) is 7.24. The van der Waals surface area contributed by atoms with Gasteiger partial charge in [0.2, 0.25) is 5.91 Å². The highest BCUT2D eigenvalue weighted by molar-refractivity contribution is 7.20. The fourth-order valence-corrected chi connectivity index (χ4v) is 5.28. The number of anilines is 1. The van der Waals surface area contributed by atoms with Crippen molar-refractivity contribution in [3.8, 4) is 5.75 Å². The molecule has 0 unspecified atom stereocenters. The average molecular weight is 469 g/mol. The van der Waals surface area contributed by atoms with Crippen molar-refractivity contribution in [2.24, 2.45) is 5.92 Å². The van der Waals surface area contributed by atoms with Gasteiger partial charge in [-0.1, -0.05) is 13.0 Å². The van der Waals surface area contributed by atoms with E-state index < -0.39 is 0 Å². The molecule has 1 fully saturated rings. The molecule has 0 aliphatic carbocycles. The number of methoxy groups -OCH3 is 1. The molecule has 3 heterocycles. The van der Waals surface area contributed by atoms with Crippen LogP contribution in [-0.4, -0.2) is 46.5 Å². The first-order chi connectivity index (χ1) is 15.8. The quantitative estimate of drug-likeness (QED) is 0.618. The Balaban J connectivity index is 1.61. The van der Waals surface area contributed by atoms with Crippen molar-refractivity contribution >= 4 is 39.1 Å². The van der Waals surface area contributed by atoms with Gasteiger partial charge < -0.3 is 15.0 Å². The molecule has 1 N–H and O–H groups in total. The number of amides is 2. The van der Waals surface area contributed by atoms with Gasteiger partial charge in [0.1, 0.15) is 17.1 Å². The monoisotopic (exact) mass is 468 g/mol. The van der Waals surface area contributed by atoms with Crippen LogP contribution in [0.3, 0.4) is 0 Å². The number of carbonyl (C=O) groups excluding carboxylic acids is 2. The maximum absolute atomic E-state index is 13.2. The number of hydrogen-bond donors (Lipinski definition) is 1. The van der Waals surface area contributed by atoms with Crippen molar-refractivity contribution in [2.75, 3.05) is 25.5 Å². The maximum atomic E-state index is 13.2. The first-order valence-corrected chi connectivity index (χ1v) is 11.8. The molecule has 0 radical (unpaired) electrons. The van der Waals surface area contributed by atoms with E-state index in [0.29, 0.717) is 44.6 Å². The van der Waals surface area contributed by atoms with Gasteiger partial charge in [-0.3, -0.25) is 19.0 Å². The number of piperidine rings is 1. The Hall–Kier alpha value is -3.20. The predicted molar refractivity (Wildman–Crippen MR) is 129 cm³/mol. The molecule has 3 aromatic rings. The van der Waals surface area contributed by atoms with Gasteiger partial charge >= 0.3 is 0 Å². The van der Waals surface area contributed by atoms with Crippen LogP contribution in [0.1, 0.15) is 40.6 Å². The molecule has 2 amide bonds. The molecule has 0 saturated carbocycles. The molecular weight excluding hydrogens is 440 g/mol. The minimum atomic E-state index is -0.330. The van der Waals surface area contributed by atoms with Crippen molar-refractivity contribution in [3.63, 3.8) is 0 Å². The van der Waals surface area contributed by atoms with Crippen LogP contribution in [0.5, 0.6) is 5.75 Å². The van der Waals surface area contributed by atoms with E-state index in [9.17, 15) is 14.4 Å². The van der Waals surface area contributed by atoms with E-state index >= 15 is 0 Å². The second-order valence-corrected chi connectivity index (χ2v) is 9.66. The smallest absolute Gasteiger partial charge is 0.266 e. The Bertz CT molecular complexity index is 1280. The molecule has 1 atom stereocenters. The summed E-state index contributed by atoms with van der Waals surface area (Å²) in [5, 5.41) is 3.26. The Kier molecular flexibility index (Phi) is 6.51. The standard InChI is InChI=1S/C24H28N4O4S/c1-14-7-8-18(32-4)17(10-14)26-22(30)21-16(3)20-23(33-21)25-13-28(24(20)31)12-19(29)27-9-5-6-15(2)11-27/h7-8,10,13,15H,5-6,9,11-12H2,1-4H3,(H,26,30)/t15-/m1/s1. The van der Waals surface area contributed by atoms with Crippen molar-refractivity contribution in [1.82, 2.24) is 14.5 Å². The summed E-state index contributed by atoms with van der Waals surface area (Å²) >= 11 is 1.17. The lowest BCUT2D eigenvalue weighted by molar-refractivity contribution is -0.133. The number of aryl methyl sites for hydroxylation is 2. The molecule has 1 aromatic carbocycles. The van der Waals surface area contributed by atoms with E-state index in [0.717, 1.165) is 24.9 Å². The van der Waals surface area contributed by atoms with Gasteiger partial charge in [0.25, 0.3) is 11.5 Å². The average Bonchev–Trinajstić information content (AvgIpc) is 3.13. The Labute approximate surface area is 196 Å². The molecule has 9 heteroatoms. The Morgan fingerprint density at radius 3 is 2.82 bits per heavy atom. The molecule has 4 rings (SSSR count). The van der Waals surface area contributed by atoms with Crippen molar-refractivity contribution in [1.29, 1.82) is 0 Å². The Morgan fingerprint density at radius 1 is 1.30 bits per heavy atom. The summed E-state index contributed by atoms with van der Waals surface area (Å²) < 4.78 is 6.68. The number of aromatic nitrogens is 2. The molecule has 1 aliphatic heterocycles. The lowest BCUT2D eigenvalue weighted by Crippen LogP contribution is -2.42. The number of hydrogen-bond acceptors (Lipinski definition) is 6. The Morgan fingerprint density at radius 2 is 2.09 bits per heavy atom. The van der Waals surface area contributed by atoms with Gasteiger partial charge in [-0.25, -0.2) is 4.98 Å². The first kappa shape index (κ1) is 23.0. The van der Waals surface area contributed by atoms with Crippen LogP contribution in [0.15, 0.2) is 29.3 Å². The summed E-state index contributed by atoms with van der Waals surface area (Å²) in [5.74, 6) is 0.608. The van der Waals surface area contributed by atoms with Gasteiger partial charge in [0.15, 0.2) is 0 Å². The van der Waals surface area contributed by atoms with E-state index in [1.54, 1.807) is 20.1 Å². The topological polar surface area (TPSA) is 93.5 Å². The van der Waals surface area contributed by atoms with Crippen LogP contribution < -0.4 is 15.6 Å². The van der Waals surface area contributed by atoms with E-state index in [-0.39, 0.29) is 23.9 Å². The summed E-state index contributed by atoms with van der Waals surface area (Å²) in [7, 11) is 1.54. The minimum absolute atomic E-state index is 0.0498. The highest BCUT2D eigenvalue weighted by Crippen LogP contribution is 2.30. The van der Waals surface area contributed by atoms with Crippen LogP contribution in [0, 0.1) is 19.8 Å². The van der Waals surface area contributed by atoms with Crippen molar-refractivity contribution < 1.29 is 14.3 Å². The molecule has 2 aromatic heterocycles. The largest absolute Gasteiger partial charge is 0.495 e. The number of ether oxygens (including phenoxy) is 1. The maximum Gasteiger partial charge on any atom is 0.266 e. The van der Waals surface area contributed by atoms with Gasteiger partial charge in [0, 0.05) is 13.1 Å². The summed E-state index contributed by atoms with van der Waals surface area (Å²) in [6, 6.07) is 5.53. The fraction of sp³-hybridized carbons (Fsp3) is 0.417. The highest BCUT2D eigenvalue weighted by Gasteiger charge is 2.24. The molecule has 0 bridgehead atoms. The SMILES string of the molecule is COc1ccc(C)cc1NC(=O)c1sc2ncn(CC(=O)N3CCC[C@@H](C)C3)c(=O)c2c1C. The van der Waals surface area contributed by atoms with E-state index in [1.807, 2.05) is 24.0 Å². The molecule has 1 aliphatic rings. The molecule has 174 valence electrons. The zero-order valence-corrected chi connectivity index (χ0v) is 20.1. The summed E-state index contributed by atoms with van der Waals surface area (Å²) in [6.45, 7) is 7.19. The lowest BCUT2D eigenvalue weighted by Gasteiger charge is -2.31. The number of nitrogens with zero attached hydrogens (tertiary/aromatic N) is 3. The van der Waals surface area contributed by atoms with Gasteiger partial charge in [-0.05, 0) is 55.9 Å². The van der Waals surface area contributed by atoms with Crippen molar-refractivity contribution in [3.05, 3.63) is 50.9 Å². The minimum Gasteiger partial charge on any atom is -0.495 e. The van der Waals surface area contributed by atoms with E-state index in [2.05, 4.69) is 17.2 Å². The number of fused-ring (bicyclic) bond motifs is 1. The van der Waals surface area contributed by atoms with Crippen LogP contribution in [-0.2, 0) is 11.3 Å². The van der Waals surface area contributed by atoms with Gasteiger partial charge in [-0.15, -0.1) is 11.3 Å². The van der Waals surface area contributed by atoms with E-state index in [1.165, 1.54) is 22.2 Å². The zero-order chi connectivity index (χ0) is 23.7. The van der Waals surface area contributed by atoms with Gasteiger partial charge in [-0.2, -0.15) is 0 Å². The summed E-state index contributed by atoms with van der Waals surface area (Å²) in [6.07, 6.45) is 3.49. The summed E-state index contributed by atoms with van der Waals surface area (Å²) in [5.41, 5.74) is 1.80. The van der Waals surface area contributed by atoms with Gasteiger partial charge in [0.05, 0.1) is 29.4 Å². The first-order valence-electron chi connectivity index (χ1n) is 11.0. The molecule has 8 nitrogen and oxygen atoms in total. The fourth-order valence-electron chi connectivity index (χ4n) is 4.25. The van der Waals surface area contributed by atoms with E-state index in [4.69, 9.17) is 4.74 Å². The highest BCUT2D eigenvalue weighted by atomic mass is 32.1. The molecular formula is C24H28N4O4S.